The zero-order valence-electron chi connectivity index (χ0n) is 19.6. The van der Waals surface area contributed by atoms with Gasteiger partial charge in [0.25, 0.3) is 0 Å². The van der Waals surface area contributed by atoms with Gasteiger partial charge in [-0.15, -0.1) is 5.10 Å². The summed E-state index contributed by atoms with van der Waals surface area (Å²) in [5.41, 5.74) is 3.74. The maximum atomic E-state index is 14.9. The van der Waals surface area contributed by atoms with Gasteiger partial charge in [-0.2, -0.15) is 10.2 Å². The molecule has 1 fully saturated rings. The van der Waals surface area contributed by atoms with Crippen molar-refractivity contribution in [3.8, 4) is 11.4 Å². The number of halogens is 1. The third-order valence-corrected chi connectivity index (χ3v) is 6.23. The molecule has 1 unspecified atom stereocenters. The Balaban J connectivity index is 1.43. The number of pyridine rings is 1. The Bertz CT molecular complexity index is 1310. The van der Waals surface area contributed by atoms with Gasteiger partial charge in [0.2, 0.25) is 0 Å². The molecule has 4 aromatic rings. The summed E-state index contributed by atoms with van der Waals surface area (Å²) in [5.74, 6) is 0.845. The van der Waals surface area contributed by atoms with E-state index < -0.39 is 0 Å². The van der Waals surface area contributed by atoms with Gasteiger partial charge in [0.1, 0.15) is 17.0 Å². The molecule has 0 amide bonds. The highest BCUT2D eigenvalue weighted by Crippen LogP contribution is 2.32. The number of anilines is 1. The van der Waals surface area contributed by atoms with Gasteiger partial charge in [-0.1, -0.05) is 6.07 Å². The Kier molecular flexibility index (Phi) is 6.10. The van der Waals surface area contributed by atoms with Crippen LogP contribution in [0.15, 0.2) is 42.6 Å². The first-order valence-corrected chi connectivity index (χ1v) is 11.6. The molecule has 3 aromatic heterocycles. The summed E-state index contributed by atoms with van der Waals surface area (Å²) in [4.78, 5) is 6.59. The summed E-state index contributed by atoms with van der Waals surface area (Å²) in [5, 5.41) is 18.2. The summed E-state index contributed by atoms with van der Waals surface area (Å²) >= 11 is 0. The van der Waals surface area contributed by atoms with Crippen LogP contribution in [-0.2, 0) is 6.54 Å². The number of fused-ring (bicyclic) bond motifs is 1. The molecule has 9 heteroatoms. The van der Waals surface area contributed by atoms with Gasteiger partial charge in [0.05, 0.1) is 29.1 Å². The van der Waals surface area contributed by atoms with Crippen molar-refractivity contribution in [2.75, 3.05) is 24.6 Å². The van der Waals surface area contributed by atoms with Crippen molar-refractivity contribution in [2.24, 2.45) is 0 Å². The SMILES string of the molecule is CCOc1ccc(-n2nc3c(N4CCC(NCc5ccccn5)C4)nnc(C)c3c2C)c(F)c1. The zero-order valence-corrected chi connectivity index (χ0v) is 19.6. The van der Waals surface area contributed by atoms with E-state index in [2.05, 4.69) is 25.4 Å². The topological polar surface area (TPSA) is 81.0 Å². The van der Waals surface area contributed by atoms with Gasteiger partial charge < -0.3 is 15.0 Å². The van der Waals surface area contributed by atoms with E-state index in [0.717, 1.165) is 59.9 Å². The van der Waals surface area contributed by atoms with Crippen LogP contribution in [0.5, 0.6) is 5.75 Å². The molecule has 8 nitrogen and oxygen atoms in total. The molecule has 0 radical (unpaired) electrons. The van der Waals surface area contributed by atoms with Crippen molar-refractivity contribution in [3.05, 3.63) is 65.5 Å². The molecule has 1 aromatic carbocycles. The number of nitrogens with zero attached hydrogens (tertiary/aromatic N) is 6. The first kappa shape index (κ1) is 22.2. The first-order valence-electron chi connectivity index (χ1n) is 11.6. The standard InChI is InChI=1S/C25H28FN7O/c1-4-34-20-8-9-22(21(26)13-20)33-17(3)23-16(2)29-30-25(24(23)31-33)32-12-10-19(15-32)28-14-18-7-5-6-11-27-18/h5-9,11,13,19,28H,4,10,12,14-15H2,1-3H3. The Morgan fingerprint density at radius 1 is 1.18 bits per heavy atom. The number of nitrogens with one attached hydrogen (secondary N) is 1. The molecular formula is C25H28FN7O. The van der Waals surface area contributed by atoms with Gasteiger partial charge in [-0.25, -0.2) is 9.07 Å². The van der Waals surface area contributed by atoms with Crippen LogP contribution in [0.3, 0.4) is 0 Å². The van der Waals surface area contributed by atoms with E-state index in [1.165, 1.54) is 6.07 Å². The molecule has 1 aliphatic heterocycles. The van der Waals surface area contributed by atoms with Crippen LogP contribution in [0.25, 0.3) is 16.6 Å². The van der Waals surface area contributed by atoms with Crippen LogP contribution < -0.4 is 15.0 Å². The number of ether oxygens (including phenoxy) is 1. The highest BCUT2D eigenvalue weighted by molar-refractivity contribution is 5.92. The van der Waals surface area contributed by atoms with Crippen LogP contribution in [0.4, 0.5) is 10.2 Å². The highest BCUT2D eigenvalue weighted by Gasteiger charge is 2.27. The maximum Gasteiger partial charge on any atom is 0.179 e. The number of benzene rings is 1. The van der Waals surface area contributed by atoms with Crippen LogP contribution in [0.2, 0.25) is 0 Å². The van der Waals surface area contributed by atoms with Crippen LogP contribution in [0, 0.1) is 19.7 Å². The Hall–Kier alpha value is -3.59. The molecule has 0 saturated carbocycles. The first-order chi connectivity index (χ1) is 16.5. The smallest absolute Gasteiger partial charge is 0.179 e. The Morgan fingerprint density at radius 3 is 2.82 bits per heavy atom. The fourth-order valence-electron chi connectivity index (χ4n) is 4.55. The van der Waals surface area contributed by atoms with Crippen molar-refractivity contribution in [1.29, 1.82) is 0 Å². The molecule has 1 atom stereocenters. The quantitative estimate of drug-likeness (QED) is 0.449. The van der Waals surface area contributed by atoms with E-state index >= 15 is 0 Å². The summed E-state index contributed by atoms with van der Waals surface area (Å²) in [7, 11) is 0. The minimum Gasteiger partial charge on any atom is -0.494 e. The van der Waals surface area contributed by atoms with Crippen molar-refractivity contribution < 1.29 is 9.13 Å². The second-order valence-corrected chi connectivity index (χ2v) is 8.51. The monoisotopic (exact) mass is 461 g/mol. The molecule has 5 rings (SSSR count). The largest absolute Gasteiger partial charge is 0.494 e. The fraction of sp³-hybridized carbons (Fsp3) is 0.360. The van der Waals surface area contributed by atoms with Crippen LogP contribution >= 0.6 is 0 Å². The van der Waals surface area contributed by atoms with Crippen molar-refractivity contribution in [2.45, 2.75) is 39.8 Å². The lowest BCUT2D eigenvalue weighted by Gasteiger charge is -2.18. The van der Waals surface area contributed by atoms with E-state index in [1.807, 2.05) is 45.2 Å². The highest BCUT2D eigenvalue weighted by atomic mass is 19.1. The van der Waals surface area contributed by atoms with Gasteiger partial charge in [0, 0.05) is 37.9 Å². The molecular weight excluding hydrogens is 433 g/mol. The summed E-state index contributed by atoms with van der Waals surface area (Å²) in [6.07, 6.45) is 2.79. The third-order valence-electron chi connectivity index (χ3n) is 6.23. The van der Waals surface area contributed by atoms with Gasteiger partial charge in [-0.3, -0.25) is 4.98 Å². The van der Waals surface area contributed by atoms with Gasteiger partial charge >= 0.3 is 0 Å². The normalized spacial score (nSPS) is 15.9. The number of hydrogen-bond donors (Lipinski definition) is 1. The molecule has 0 bridgehead atoms. The molecule has 0 aliphatic carbocycles. The molecule has 1 N–H and O–H groups in total. The summed E-state index contributed by atoms with van der Waals surface area (Å²) < 4.78 is 22.0. The molecule has 1 aliphatic rings. The fourth-order valence-corrected chi connectivity index (χ4v) is 4.55. The second kappa shape index (κ2) is 9.34. The molecule has 176 valence electrons. The predicted molar refractivity (Wildman–Crippen MR) is 129 cm³/mol. The van der Waals surface area contributed by atoms with E-state index in [4.69, 9.17) is 9.84 Å². The summed E-state index contributed by atoms with van der Waals surface area (Å²) in [6, 6.07) is 11.1. The molecule has 0 spiro atoms. The number of hydrogen-bond acceptors (Lipinski definition) is 7. The van der Waals surface area contributed by atoms with Crippen molar-refractivity contribution in [3.63, 3.8) is 0 Å². The molecule has 34 heavy (non-hydrogen) atoms. The van der Waals surface area contributed by atoms with E-state index in [9.17, 15) is 4.39 Å². The van der Waals surface area contributed by atoms with Gasteiger partial charge in [0.15, 0.2) is 11.6 Å². The lowest BCUT2D eigenvalue weighted by molar-refractivity contribution is 0.338. The predicted octanol–water partition coefficient (Wildman–Crippen LogP) is 3.73. The van der Waals surface area contributed by atoms with Crippen LogP contribution in [-0.4, -0.2) is 50.7 Å². The van der Waals surface area contributed by atoms with E-state index in [0.29, 0.717) is 24.1 Å². The van der Waals surface area contributed by atoms with E-state index in [-0.39, 0.29) is 5.82 Å². The maximum absolute atomic E-state index is 14.9. The Labute approximate surface area is 197 Å². The lowest BCUT2D eigenvalue weighted by Crippen LogP contribution is -2.32. The lowest BCUT2D eigenvalue weighted by atomic mass is 10.2. The molecule has 4 heterocycles. The van der Waals surface area contributed by atoms with Gasteiger partial charge in [-0.05, 0) is 51.5 Å². The average molecular weight is 462 g/mol. The minimum atomic E-state index is -0.387. The number of aryl methyl sites for hydroxylation is 2. The third kappa shape index (κ3) is 4.19. The van der Waals surface area contributed by atoms with Crippen molar-refractivity contribution in [1.82, 2.24) is 30.3 Å². The second-order valence-electron chi connectivity index (χ2n) is 8.51. The van der Waals surface area contributed by atoms with E-state index in [1.54, 1.807) is 16.8 Å². The number of rotatable bonds is 7. The molecule has 1 saturated heterocycles. The zero-order chi connectivity index (χ0) is 23.7. The minimum absolute atomic E-state index is 0.312. The number of aromatic nitrogens is 5. The average Bonchev–Trinajstić information content (AvgIpc) is 3.44. The van der Waals surface area contributed by atoms with Crippen molar-refractivity contribution >= 4 is 16.7 Å². The summed E-state index contributed by atoms with van der Waals surface area (Å²) in [6.45, 7) is 8.56. The Morgan fingerprint density at radius 2 is 2.06 bits per heavy atom. The van der Waals surface area contributed by atoms with Crippen LogP contribution in [0.1, 0.15) is 30.4 Å².